The number of ether oxygens (including phenoxy) is 1. The van der Waals surface area contributed by atoms with Crippen molar-refractivity contribution in [2.45, 2.75) is 25.0 Å². The minimum absolute atomic E-state index is 0.308. The zero-order valence-corrected chi connectivity index (χ0v) is 14.3. The van der Waals surface area contributed by atoms with E-state index in [-0.39, 0.29) is 0 Å². The summed E-state index contributed by atoms with van der Waals surface area (Å²) in [6.45, 7) is 0.666. The quantitative estimate of drug-likeness (QED) is 0.811. The molecule has 2 N–H and O–H groups in total. The predicted molar refractivity (Wildman–Crippen MR) is 92.8 cm³/mol. The second-order valence-electron chi connectivity index (χ2n) is 6.01. The summed E-state index contributed by atoms with van der Waals surface area (Å²) in [5.41, 5.74) is 2.97. The average molecular weight is 344 g/mol. The van der Waals surface area contributed by atoms with Gasteiger partial charge in [-0.25, -0.2) is 0 Å². The van der Waals surface area contributed by atoms with Gasteiger partial charge in [0.1, 0.15) is 0 Å². The Hall–Kier alpha value is -2.18. The monoisotopic (exact) mass is 344 g/mol. The Kier molecular flexibility index (Phi) is 4.97. The maximum Gasteiger partial charge on any atom is 0.309 e. The van der Waals surface area contributed by atoms with Gasteiger partial charge in [-0.05, 0) is 33.5 Å². The first kappa shape index (κ1) is 16.7. The van der Waals surface area contributed by atoms with Gasteiger partial charge in [-0.3, -0.25) is 9.59 Å². The fourth-order valence-corrected chi connectivity index (χ4v) is 3.65. The van der Waals surface area contributed by atoms with Crippen molar-refractivity contribution in [3.8, 4) is 0 Å². The summed E-state index contributed by atoms with van der Waals surface area (Å²) in [6.07, 6.45) is 1.47. The minimum atomic E-state index is -0.627. The summed E-state index contributed by atoms with van der Waals surface area (Å²) in [5, 5.41) is 9.20. The van der Waals surface area contributed by atoms with E-state index in [4.69, 9.17) is 4.74 Å². The molecule has 1 aromatic carbocycles. The van der Waals surface area contributed by atoms with Gasteiger partial charge in [0, 0.05) is 33.0 Å². The molecular weight excluding hydrogens is 324 g/mol. The first-order valence-electron chi connectivity index (χ1n) is 7.81. The van der Waals surface area contributed by atoms with Crippen molar-refractivity contribution < 1.29 is 14.3 Å². The van der Waals surface area contributed by atoms with Crippen molar-refractivity contribution in [3.05, 3.63) is 57.8 Å². The predicted octanol–water partition coefficient (Wildman–Crippen LogP) is 1.66. The highest BCUT2D eigenvalue weighted by Gasteiger charge is 2.37. The Balaban J connectivity index is 1.52. The van der Waals surface area contributed by atoms with Gasteiger partial charge in [0.25, 0.3) is 0 Å². The van der Waals surface area contributed by atoms with Gasteiger partial charge in [-0.15, -0.1) is 0 Å². The van der Waals surface area contributed by atoms with Crippen molar-refractivity contribution in [2.24, 2.45) is 0 Å². The van der Waals surface area contributed by atoms with E-state index in [0.717, 1.165) is 18.4 Å². The highest BCUT2D eigenvalue weighted by molar-refractivity contribution is 7.07. The zero-order valence-electron chi connectivity index (χ0n) is 13.5. The van der Waals surface area contributed by atoms with Crippen LogP contribution in [0.2, 0.25) is 0 Å². The van der Waals surface area contributed by atoms with Crippen LogP contribution in [-0.2, 0) is 33.7 Å². The topological polar surface area (TPSA) is 67.4 Å². The van der Waals surface area contributed by atoms with Gasteiger partial charge in [0.2, 0.25) is 0 Å². The molecule has 2 amide bonds. The number of rotatable bonds is 5. The lowest BCUT2D eigenvalue weighted by Gasteiger charge is -2.27. The normalized spacial score (nSPS) is 14.9. The number of nitrogens with one attached hydrogen (secondary N) is 2. The van der Waals surface area contributed by atoms with Crippen molar-refractivity contribution in [1.29, 1.82) is 0 Å². The summed E-state index contributed by atoms with van der Waals surface area (Å²) in [5.74, 6) is -1.25. The fraction of sp³-hybridized carbons (Fsp3) is 0.333. The zero-order chi connectivity index (χ0) is 17.0. The number of hydrogen-bond acceptors (Lipinski definition) is 4. The van der Waals surface area contributed by atoms with Crippen LogP contribution >= 0.6 is 11.3 Å². The summed E-state index contributed by atoms with van der Waals surface area (Å²) < 4.78 is 5.69. The number of carbonyl (C=O) groups is 2. The average Bonchev–Trinajstić information content (AvgIpc) is 3.24. The molecule has 0 atom stereocenters. The minimum Gasteiger partial charge on any atom is -0.376 e. The molecule has 0 radical (unpaired) electrons. The van der Waals surface area contributed by atoms with E-state index in [2.05, 4.69) is 22.8 Å². The van der Waals surface area contributed by atoms with E-state index in [0.29, 0.717) is 13.1 Å². The maximum atomic E-state index is 12.0. The summed E-state index contributed by atoms with van der Waals surface area (Å²) in [7, 11) is 1.65. The first-order valence-corrected chi connectivity index (χ1v) is 8.75. The van der Waals surface area contributed by atoms with Crippen molar-refractivity contribution >= 4 is 23.2 Å². The van der Waals surface area contributed by atoms with Crippen LogP contribution in [0.4, 0.5) is 0 Å². The molecule has 0 saturated heterocycles. The Labute approximate surface area is 145 Å². The second-order valence-corrected chi connectivity index (χ2v) is 6.79. The van der Waals surface area contributed by atoms with E-state index in [9.17, 15) is 9.59 Å². The maximum absolute atomic E-state index is 12.0. The molecule has 1 aliphatic rings. The fourth-order valence-electron chi connectivity index (χ4n) is 2.98. The Morgan fingerprint density at radius 1 is 1.12 bits per heavy atom. The van der Waals surface area contributed by atoms with Gasteiger partial charge in [0.05, 0.1) is 5.60 Å². The molecule has 0 saturated carbocycles. The SMILES string of the molecule is COC1(CNC(=O)C(=O)NCc2ccsc2)Cc2ccccc2C1. The van der Waals surface area contributed by atoms with Crippen LogP contribution < -0.4 is 10.6 Å². The van der Waals surface area contributed by atoms with Crippen LogP contribution in [0.5, 0.6) is 0 Å². The number of thiophene rings is 1. The van der Waals surface area contributed by atoms with Gasteiger partial charge < -0.3 is 15.4 Å². The molecule has 1 heterocycles. The highest BCUT2D eigenvalue weighted by atomic mass is 32.1. The Morgan fingerprint density at radius 2 is 1.79 bits per heavy atom. The number of benzene rings is 1. The number of fused-ring (bicyclic) bond motifs is 1. The van der Waals surface area contributed by atoms with E-state index in [1.807, 2.05) is 29.0 Å². The van der Waals surface area contributed by atoms with Crippen LogP contribution in [0.1, 0.15) is 16.7 Å². The summed E-state index contributed by atoms with van der Waals surface area (Å²) in [4.78, 5) is 23.9. The second kappa shape index (κ2) is 7.15. The molecule has 126 valence electrons. The molecule has 0 fully saturated rings. The lowest BCUT2D eigenvalue weighted by Crippen LogP contribution is -2.49. The molecule has 0 unspecified atom stereocenters. The first-order chi connectivity index (χ1) is 11.6. The lowest BCUT2D eigenvalue weighted by atomic mass is 10.00. The third-order valence-corrected chi connectivity index (χ3v) is 5.12. The smallest absolute Gasteiger partial charge is 0.309 e. The largest absolute Gasteiger partial charge is 0.376 e. The number of amides is 2. The Bertz CT molecular complexity index is 703. The van der Waals surface area contributed by atoms with Crippen molar-refractivity contribution in [3.63, 3.8) is 0 Å². The molecule has 24 heavy (non-hydrogen) atoms. The Morgan fingerprint density at radius 3 is 2.38 bits per heavy atom. The van der Waals surface area contributed by atoms with Crippen molar-refractivity contribution in [1.82, 2.24) is 10.6 Å². The van der Waals surface area contributed by atoms with Gasteiger partial charge >= 0.3 is 11.8 Å². The van der Waals surface area contributed by atoms with Crippen LogP contribution in [0.15, 0.2) is 41.1 Å². The van der Waals surface area contributed by atoms with E-state index >= 15 is 0 Å². The number of methoxy groups -OCH3 is 1. The molecule has 1 aromatic heterocycles. The number of carbonyl (C=O) groups excluding carboxylic acids is 2. The lowest BCUT2D eigenvalue weighted by molar-refractivity contribution is -0.140. The van der Waals surface area contributed by atoms with Gasteiger partial charge in [-0.2, -0.15) is 11.3 Å². The van der Waals surface area contributed by atoms with Crippen LogP contribution in [0, 0.1) is 0 Å². The summed E-state index contributed by atoms with van der Waals surface area (Å²) in [6, 6.07) is 10.1. The van der Waals surface area contributed by atoms with E-state index in [1.165, 1.54) is 11.1 Å². The van der Waals surface area contributed by atoms with Crippen molar-refractivity contribution in [2.75, 3.05) is 13.7 Å². The van der Waals surface area contributed by atoms with Crippen LogP contribution in [0.25, 0.3) is 0 Å². The molecule has 5 nitrogen and oxygen atoms in total. The van der Waals surface area contributed by atoms with E-state index in [1.54, 1.807) is 18.4 Å². The van der Waals surface area contributed by atoms with E-state index < -0.39 is 17.4 Å². The third kappa shape index (κ3) is 3.66. The molecule has 0 aliphatic heterocycles. The number of hydrogen-bond donors (Lipinski definition) is 2. The molecule has 1 aliphatic carbocycles. The molecular formula is C18H20N2O3S. The van der Waals surface area contributed by atoms with Crippen LogP contribution in [0.3, 0.4) is 0 Å². The molecule has 6 heteroatoms. The molecule has 3 rings (SSSR count). The standard InChI is InChI=1S/C18H20N2O3S/c1-23-18(8-14-4-2-3-5-15(14)9-18)12-20-17(22)16(21)19-10-13-6-7-24-11-13/h2-7,11H,8-10,12H2,1H3,(H,19,21)(H,20,22). The molecule has 2 aromatic rings. The molecule has 0 spiro atoms. The molecule has 0 bridgehead atoms. The third-order valence-electron chi connectivity index (χ3n) is 4.39. The van der Waals surface area contributed by atoms with Crippen LogP contribution in [-0.4, -0.2) is 31.1 Å². The van der Waals surface area contributed by atoms with Gasteiger partial charge in [0.15, 0.2) is 0 Å². The highest BCUT2D eigenvalue weighted by Crippen LogP contribution is 2.31. The summed E-state index contributed by atoms with van der Waals surface area (Å²) >= 11 is 1.55. The van der Waals surface area contributed by atoms with Gasteiger partial charge in [-0.1, -0.05) is 24.3 Å².